The fraction of sp³-hybridized carbons (Fsp3) is 0.750. The van der Waals surface area contributed by atoms with E-state index >= 15 is 0 Å². The molecule has 0 unspecified atom stereocenters. The zero-order chi connectivity index (χ0) is 28.9. The van der Waals surface area contributed by atoms with Gasteiger partial charge in [0.1, 0.15) is 5.75 Å². The summed E-state index contributed by atoms with van der Waals surface area (Å²) >= 11 is 0. The van der Waals surface area contributed by atoms with Crippen LogP contribution in [0.4, 0.5) is 0 Å². The minimum atomic E-state index is 0.0226. The Morgan fingerprint density at radius 2 is 1.82 bits per heavy atom. The van der Waals surface area contributed by atoms with E-state index in [-0.39, 0.29) is 11.9 Å². The first-order chi connectivity index (χ1) is 19.3. The topological polar surface area (TPSA) is 80.3 Å². The lowest BCUT2D eigenvalue weighted by molar-refractivity contribution is -0.134. The molecule has 3 aliphatic rings. The number of hydrogen-bond acceptors (Lipinski definition) is 6. The summed E-state index contributed by atoms with van der Waals surface area (Å²) in [5.41, 5.74) is 1.79. The highest BCUT2D eigenvalue weighted by Gasteiger charge is 2.35. The van der Waals surface area contributed by atoms with Gasteiger partial charge in [-0.15, -0.1) is 0 Å². The van der Waals surface area contributed by atoms with Gasteiger partial charge in [-0.25, -0.2) is 0 Å². The van der Waals surface area contributed by atoms with E-state index in [1.807, 2.05) is 39.1 Å². The molecular formula is C32H53N3O5. The summed E-state index contributed by atoms with van der Waals surface area (Å²) in [4.78, 5) is 28.8. The maximum atomic E-state index is 12.5. The number of carbonyl (C=O) groups is 2. The van der Waals surface area contributed by atoms with Gasteiger partial charge in [0.25, 0.3) is 5.91 Å². The molecular weight excluding hydrogens is 506 g/mol. The van der Waals surface area contributed by atoms with E-state index in [2.05, 4.69) is 17.1 Å². The Hall–Kier alpha value is -2.16. The number of ether oxygens (including phenoxy) is 3. The van der Waals surface area contributed by atoms with Gasteiger partial charge in [0.05, 0.1) is 6.61 Å². The quantitative estimate of drug-likeness (QED) is 0.357. The number of hydrogen-bond donors (Lipinski definition) is 1. The molecule has 1 N–H and O–H groups in total. The van der Waals surface area contributed by atoms with Crippen molar-refractivity contribution < 1.29 is 23.8 Å². The zero-order valence-corrected chi connectivity index (χ0v) is 25.6. The van der Waals surface area contributed by atoms with Crippen LogP contribution >= 0.6 is 0 Å². The van der Waals surface area contributed by atoms with Crippen LogP contribution < -0.4 is 10.1 Å². The molecule has 0 aromatic heterocycles. The first kappa shape index (κ1) is 32.4. The van der Waals surface area contributed by atoms with E-state index in [0.717, 1.165) is 76.3 Å². The second kappa shape index (κ2) is 16.9. The number of nitrogens with one attached hydrogen (secondary N) is 1. The molecule has 0 bridgehead atoms. The average Bonchev–Trinajstić information content (AvgIpc) is 3.68. The Balaban J connectivity index is 0.000000221. The van der Waals surface area contributed by atoms with Gasteiger partial charge in [-0.3, -0.25) is 9.59 Å². The molecule has 1 aliphatic carbocycles. The standard InChI is InChI=1S/C17H27NO3.C15H26N2O2/c1-6-14-8-9-15(17(19)18(4)13(2)3)12-16(14)21-11-7-10-20-5;18-15(9-12-4-7-19-8-5-12)17(14-1-2-14)11-13-3-6-16-10-13/h8-9,12-13H,6-7,10-11H2,1-5H3;12-14,16H,1-11H2/t;13-/m.0/s1. The lowest BCUT2D eigenvalue weighted by atomic mass is 9.95. The molecule has 8 heteroatoms. The van der Waals surface area contributed by atoms with Gasteiger partial charge in [-0.1, -0.05) is 13.0 Å². The summed E-state index contributed by atoms with van der Waals surface area (Å²) in [6.07, 6.45) is 8.27. The predicted octanol–water partition coefficient (Wildman–Crippen LogP) is 4.55. The Bertz CT molecular complexity index is 908. The second-order valence-electron chi connectivity index (χ2n) is 11.8. The molecule has 2 saturated heterocycles. The maximum absolute atomic E-state index is 12.5. The molecule has 1 saturated carbocycles. The molecule has 8 nitrogen and oxygen atoms in total. The second-order valence-corrected chi connectivity index (χ2v) is 11.8. The van der Waals surface area contributed by atoms with Crippen molar-refractivity contribution in [2.24, 2.45) is 11.8 Å². The monoisotopic (exact) mass is 559 g/mol. The third kappa shape index (κ3) is 10.3. The predicted molar refractivity (Wildman–Crippen MR) is 159 cm³/mol. The first-order valence-electron chi connectivity index (χ1n) is 15.4. The summed E-state index contributed by atoms with van der Waals surface area (Å²) in [7, 11) is 3.50. The van der Waals surface area contributed by atoms with Gasteiger partial charge in [-0.05, 0) is 95.0 Å². The van der Waals surface area contributed by atoms with Gasteiger partial charge >= 0.3 is 0 Å². The highest BCUT2D eigenvalue weighted by Crippen LogP contribution is 2.31. The number of carbonyl (C=O) groups excluding carboxylic acids is 2. The van der Waals surface area contributed by atoms with Crippen molar-refractivity contribution in [3.05, 3.63) is 29.3 Å². The van der Waals surface area contributed by atoms with Crippen LogP contribution in [-0.2, 0) is 20.7 Å². The Kier molecular flexibility index (Phi) is 13.7. The van der Waals surface area contributed by atoms with E-state index in [9.17, 15) is 9.59 Å². The van der Waals surface area contributed by atoms with Crippen LogP contribution in [0.2, 0.25) is 0 Å². The van der Waals surface area contributed by atoms with E-state index in [4.69, 9.17) is 14.2 Å². The SMILES string of the molecule is CCc1ccc(C(=O)N(C)C(C)C)cc1OCCCOC.O=C(CC1CCOCC1)N(C[C@H]1CCNC1)C1CC1. The van der Waals surface area contributed by atoms with Crippen molar-refractivity contribution >= 4 is 11.8 Å². The summed E-state index contributed by atoms with van der Waals surface area (Å²) in [5, 5.41) is 3.40. The highest BCUT2D eigenvalue weighted by atomic mass is 16.5. The molecule has 1 atom stereocenters. The normalized spacial score (nSPS) is 19.2. The van der Waals surface area contributed by atoms with Gasteiger partial charge in [-0.2, -0.15) is 0 Å². The highest BCUT2D eigenvalue weighted by molar-refractivity contribution is 5.94. The molecule has 4 rings (SSSR count). The minimum Gasteiger partial charge on any atom is -0.493 e. The van der Waals surface area contributed by atoms with Gasteiger partial charge in [0, 0.05) is 71.0 Å². The van der Waals surface area contributed by atoms with Crippen molar-refractivity contribution in [1.82, 2.24) is 15.1 Å². The van der Waals surface area contributed by atoms with Gasteiger partial charge in [0.15, 0.2) is 0 Å². The number of aryl methyl sites for hydroxylation is 1. The molecule has 0 spiro atoms. The van der Waals surface area contributed by atoms with Crippen molar-refractivity contribution in [3.63, 3.8) is 0 Å². The number of methoxy groups -OCH3 is 1. The van der Waals surface area contributed by atoms with Crippen LogP contribution in [-0.4, -0.2) is 93.9 Å². The van der Waals surface area contributed by atoms with E-state index < -0.39 is 0 Å². The molecule has 2 aliphatic heterocycles. The minimum absolute atomic E-state index is 0.0226. The largest absolute Gasteiger partial charge is 0.493 e. The number of rotatable bonds is 13. The number of nitrogens with zero attached hydrogens (tertiary/aromatic N) is 2. The molecule has 2 heterocycles. The summed E-state index contributed by atoms with van der Waals surface area (Å²) in [6, 6.07) is 6.45. The smallest absolute Gasteiger partial charge is 0.253 e. The van der Waals surface area contributed by atoms with Gasteiger partial charge in [0.2, 0.25) is 5.91 Å². The maximum Gasteiger partial charge on any atom is 0.253 e. The summed E-state index contributed by atoms with van der Waals surface area (Å²) in [5.74, 6) is 2.47. The van der Waals surface area contributed by atoms with Crippen LogP contribution in [0, 0.1) is 11.8 Å². The Morgan fingerprint density at radius 1 is 1.07 bits per heavy atom. The van der Waals surface area contributed by atoms with E-state index in [1.165, 1.54) is 19.3 Å². The first-order valence-corrected chi connectivity index (χ1v) is 15.4. The molecule has 3 fully saturated rings. The molecule has 1 aromatic rings. The lowest BCUT2D eigenvalue weighted by Gasteiger charge is -2.28. The van der Waals surface area contributed by atoms with E-state index in [0.29, 0.717) is 42.6 Å². The van der Waals surface area contributed by atoms with Crippen LogP contribution in [0.1, 0.15) is 81.6 Å². The van der Waals surface area contributed by atoms with Crippen molar-refractivity contribution in [2.75, 3.05) is 60.2 Å². The Labute approximate surface area is 242 Å². The van der Waals surface area contributed by atoms with Crippen molar-refractivity contribution in [2.45, 2.75) is 84.2 Å². The molecule has 1 aromatic carbocycles. The van der Waals surface area contributed by atoms with Crippen LogP contribution in [0.15, 0.2) is 18.2 Å². The van der Waals surface area contributed by atoms with Crippen molar-refractivity contribution in [1.29, 1.82) is 0 Å². The number of amides is 2. The summed E-state index contributed by atoms with van der Waals surface area (Å²) < 4.78 is 16.2. The fourth-order valence-corrected chi connectivity index (χ4v) is 5.24. The van der Waals surface area contributed by atoms with Crippen LogP contribution in [0.5, 0.6) is 5.75 Å². The number of benzene rings is 1. The van der Waals surface area contributed by atoms with Gasteiger partial charge < -0.3 is 29.3 Å². The van der Waals surface area contributed by atoms with Crippen LogP contribution in [0.3, 0.4) is 0 Å². The lowest BCUT2D eigenvalue weighted by Crippen LogP contribution is -2.39. The van der Waals surface area contributed by atoms with Crippen LogP contribution in [0.25, 0.3) is 0 Å². The molecule has 40 heavy (non-hydrogen) atoms. The third-order valence-electron chi connectivity index (χ3n) is 8.27. The molecule has 0 radical (unpaired) electrons. The van der Waals surface area contributed by atoms with Crippen molar-refractivity contribution in [3.8, 4) is 5.75 Å². The third-order valence-corrected chi connectivity index (χ3v) is 8.27. The molecule has 226 valence electrons. The fourth-order valence-electron chi connectivity index (χ4n) is 5.24. The average molecular weight is 560 g/mol. The zero-order valence-electron chi connectivity index (χ0n) is 25.6. The summed E-state index contributed by atoms with van der Waals surface area (Å²) in [6.45, 7) is 12.2. The van der Waals surface area contributed by atoms with E-state index in [1.54, 1.807) is 12.0 Å². The molecule has 2 amide bonds. The Morgan fingerprint density at radius 3 is 2.42 bits per heavy atom.